The monoisotopic (exact) mass is 277 g/mol. The molecule has 6 heteroatoms. The zero-order chi connectivity index (χ0) is 14.7. The lowest BCUT2D eigenvalue weighted by molar-refractivity contribution is 0.431. The van der Waals surface area contributed by atoms with E-state index < -0.39 is 5.82 Å². The topological polar surface area (TPSA) is 70.1 Å². The lowest BCUT2D eigenvalue weighted by Gasteiger charge is -2.11. The number of hydrogen-bond acceptors (Lipinski definition) is 4. The van der Waals surface area contributed by atoms with Gasteiger partial charge >= 0.3 is 5.56 Å². The summed E-state index contributed by atoms with van der Waals surface area (Å²) in [6.07, 6.45) is 3.05. The average Bonchev–Trinajstić information content (AvgIpc) is 2.38. The van der Waals surface area contributed by atoms with Crippen LogP contribution in [-0.4, -0.2) is 9.55 Å². The molecule has 0 aliphatic heterocycles. The molecule has 2 rings (SSSR count). The average molecular weight is 277 g/mol. The minimum atomic E-state index is -0.493. The Balaban J connectivity index is 2.34. The van der Waals surface area contributed by atoms with E-state index in [0.29, 0.717) is 12.5 Å². The molecule has 0 atom stereocenters. The summed E-state index contributed by atoms with van der Waals surface area (Å²) >= 11 is 0. The van der Waals surface area contributed by atoms with Gasteiger partial charge in [-0.2, -0.15) is 0 Å². The highest BCUT2D eigenvalue weighted by atomic mass is 19.1. The third-order valence-electron chi connectivity index (χ3n) is 2.63. The van der Waals surface area contributed by atoms with Gasteiger partial charge in [-0.25, -0.2) is 9.37 Å². The van der Waals surface area contributed by atoms with Crippen molar-refractivity contribution in [3.8, 4) is 11.6 Å². The van der Waals surface area contributed by atoms with E-state index in [-0.39, 0.29) is 22.9 Å². The molecule has 0 aliphatic carbocycles. The molecule has 0 saturated heterocycles. The van der Waals surface area contributed by atoms with Gasteiger partial charge in [0.25, 0.3) is 5.88 Å². The van der Waals surface area contributed by atoms with Crippen molar-refractivity contribution in [1.29, 1.82) is 0 Å². The Labute approximate surface area is 115 Å². The summed E-state index contributed by atoms with van der Waals surface area (Å²) in [7, 11) is 0. The quantitative estimate of drug-likeness (QED) is 0.871. The predicted molar refractivity (Wildman–Crippen MR) is 74.2 cm³/mol. The second-order valence-corrected chi connectivity index (χ2v) is 4.87. The summed E-state index contributed by atoms with van der Waals surface area (Å²) in [5, 5.41) is 0. The standard InChI is InChI=1S/C14H16FN3O2/c1-9(2)8-18-6-5-17-13(14(18)19)20-12-7-10(15)3-4-11(12)16/h3-7,9H,8,16H2,1-2H3. The normalized spacial score (nSPS) is 10.8. The number of nitrogens with zero attached hydrogens (tertiary/aromatic N) is 2. The Hall–Kier alpha value is -2.37. The Bertz CT molecular complexity index is 668. The van der Waals surface area contributed by atoms with Crippen molar-refractivity contribution in [3.05, 3.63) is 46.8 Å². The molecule has 1 heterocycles. The van der Waals surface area contributed by atoms with Crippen molar-refractivity contribution in [2.45, 2.75) is 20.4 Å². The molecule has 0 unspecified atom stereocenters. The molecule has 1 aromatic heterocycles. The number of nitrogens with two attached hydrogens (primary N) is 1. The summed E-state index contributed by atoms with van der Waals surface area (Å²) in [6, 6.07) is 3.72. The minimum Gasteiger partial charge on any atom is -0.432 e. The van der Waals surface area contributed by atoms with Gasteiger partial charge in [0.2, 0.25) is 0 Å². The molecule has 0 amide bonds. The highest BCUT2D eigenvalue weighted by Crippen LogP contribution is 2.25. The van der Waals surface area contributed by atoms with Gasteiger partial charge in [-0.15, -0.1) is 0 Å². The Morgan fingerprint density at radius 2 is 2.20 bits per heavy atom. The largest absolute Gasteiger partial charge is 0.432 e. The van der Waals surface area contributed by atoms with Crippen molar-refractivity contribution in [2.24, 2.45) is 5.92 Å². The molecule has 0 aliphatic rings. The molecule has 0 radical (unpaired) electrons. The molecule has 106 valence electrons. The van der Waals surface area contributed by atoms with Crippen molar-refractivity contribution < 1.29 is 9.13 Å². The second-order valence-electron chi connectivity index (χ2n) is 4.87. The van der Waals surface area contributed by atoms with E-state index in [2.05, 4.69) is 4.98 Å². The van der Waals surface area contributed by atoms with Crippen LogP contribution < -0.4 is 16.0 Å². The number of anilines is 1. The summed E-state index contributed by atoms with van der Waals surface area (Å²) in [5.74, 6) is -0.225. The van der Waals surface area contributed by atoms with Crippen LogP contribution in [0.1, 0.15) is 13.8 Å². The first kappa shape index (κ1) is 14.0. The summed E-state index contributed by atoms with van der Waals surface area (Å²) in [4.78, 5) is 16.0. The summed E-state index contributed by atoms with van der Waals surface area (Å²) in [6.45, 7) is 4.55. The number of rotatable bonds is 4. The number of ether oxygens (including phenoxy) is 1. The SMILES string of the molecule is CC(C)Cn1ccnc(Oc2cc(F)ccc2N)c1=O. The van der Waals surface area contributed by atoms with E-state index in [9.17, 15) is 9.18 Å². The fraction of sp³-hybridized carbons (Fsp3) is 0.286. The fourth-order valence-corrected chi connectivity index (χ4v) is 1.74. The van der Waals surface area contributed by atoms with E-state index in [1.54, 1.807) is 6.20 Å². The molecule has 0 saturated carbocycles. The van der Waals surface area contributed by atoms with Crippen molar-refractivity contribution in [3.63, 3.8) is 0 Å². The first-order chi connectivity index (χ1) is 9.47. The number of aromatic nitrogens is 2. The zero-order valence-corrected chi connectivity index (χ0v) is 11.3. The maximum atomic E-state index is 13.2. The van der Waals surface area contributed by atoms with Crippen LogP contribution in [0, 0.1) is 11.7 Å². The minimum absolute atomic E-state index is 0.0805. The second kappa shape index (κ2) is 5.73. The van der Waals surface area contributed by atoms with Crippen LogP contribution >= 0.6 is 0 Å². The van der Waals surface area contributed by atoms with Crippen molar-refractivity contribution >= 4 is 5.69 Å². The molecule has 2 aromatic rings. The Morgan fingerprint density at radius 3 is 2.90 bits per heavy atom. The number of halogens is 1. The highest BCUT2D eigenvalue weighted by molar-refractivity contribution is 5.53. The molecule has 0 spiro atoms. The van der Waals surface area contributed by atoms with Gasteiger partial charge in [-0.1, -0.05) is 13.8 Å². The maximum absolute atomic E-state index is 13.2. The van der Waals surface area contributed by atoms with Gasteiger partial charge < -0.3 is 15.0 Å². The highest BCUT2D eigenvalue weighted by Gasteiger charge is 2.11. The Morgan fingerprint density at radius 1 is 1.45 bits per heavy atom. The van der Waals surface area contributed by atoms with E-state index in [4.69, 9.17) is 10.5 Å². The fourth-order valence-electron chi connectivity index (χ4n) is 1.74. The van der Waals surface area contributed by atoms with Crippen LogP contribution in [0.4, 0.5) is 10.1 Å². The van der Waals surface area contributed by atoms with Gasteiger partial charge in [0.15, 0.2) is 5.75 Å². The van der Waals surface area contributed by atoms with E-state index in [0.717, 1.165) is 6.07 Å². The summed E-state index contributed by atoms with van der Waals surface area (Å²) in [5.41, 5.74) is 5.55. The Kier molecular flexibility index (Phi) is 4.02. The molecule has 1 aromatic carbocycles. The molecule has 2 N–H and O–H groups in total. The van der Waals surface area contributed by atoms with Crippen molar-refractivity contribution in [2.75, 3.05) is 5.73 Å². The third kappa shape index (κ3) is 3.14. The molecule has 0 fully saturated rings. The first-order valence-electron chi connectivity index (χ1n) is 6.25. The number of nitrogen functional groups attached to an aromatic ring is 1. The molecule has 20 heavy (non-hydrogen) atoms. The molecule has 5 nitrogen and oxygen atoms in total. The van der Waals surface area contributed by atoms with Crippen molar-refractivity contribution in [1.82, 2.24) is 9.55 Å². The first-order valence-corrected chi connectivity index (χ1v) is 6.25. The van der Waals surface area contributed by atoms with Gasteiger partial charge in [-0.3, -0.25) is 4.79 Å². The predicted octanol–water partition coefficient (Wildman–Crippen LogP) is 2.41. The maximum Gasteiger partial charge on any atom is 0.313 e. The summed E-state index contributed by atoms with van der Waals surface area (Å²) < 4.78 is 20.0. The van der Waals surface area contributed by atoms with Crippen LogP contribution in [0.25, 0.3) is 0 Å². The number of benzene rings is 1. The van der Waals surface area contributed by atoms with Gasteiger partial charge in [0.05, 0.1) is 5.69 Å². The van der Waals surface area contributed by atoms with E-state index in [1.807, 2.05) is 13.8 Å². The smallest absolute Gasteiger partial charge is 0.313 e. The van der Waals surface area contributed by atoms with E-state index in [1.165, 1.54) is 22.9 Å². The lowest BCUT2D eigenvalue weighted by Crippen LogP contribution is -2.23. The molecular formula is C14H16FN3O2. The van der Waals surface area contributed by atoms with Gasteiger partial charge in [0, 0.05) is 25.0 Å². The lowest BCUT2D eigenvalue weighted by atomic mass is 10.2. The molecular weight excluding hydrogens is 261 g/mol. The number of hydrogen-bond donors (Lipinski definition) is 1. The van der Waals surface area contributed by atoms with Gasteiger partial charge in [-0.05, 0) is 18.1 Å². The molecule has 0 bridgehead atoms. The van der Waals surface area contributed by atoms with Crippen LogP contribution in [0.2, 0.25) is 0 Å². The zero-order valence-electron chi connectivity index (χ0n) is 11.3. The van der Waals surface area contributed by atoms with Gasteiger partial charge in [0.1, 0.15) is 5.82 Å². The van der Waals surface area contributed by atoms with Crippen LogP contribution in [0.3, 0.4) is 0 Å². The van der Waals surface area contributed by atoms with Crippen LogP contribution in [-0.2, 0) is 6.54 Å². The third-order valence-corrected chi connectivity index (χ3v) is 2.63. The van der Waals surface area contributed by atoms with E-state index >= 15 is 0 Å². The van der Waals surface area contributed by atoms with Crippen LogP contribution in [0.5, 0.6) is 11.6 Å². The van der Waals surface area contributed by atoms with Crippen LogP contribution in [0.15, 0.2) is 35.4 Å².